The maximum Gasteiger partial charge on any atom is 0.214 e. The van der Waals surface area contributed by atoms with Crippen LogP contribution in [0.15, 0.2) is 18.3 Å². The lowest BCUT2D eigenvalue weighted by Gasteiger charge is -2.24. The lowest BCUT2D eigenvalue weighted by Crippen LogP contribution is -2.27. The van der Waals surface area contributed by atoms with E-state index in [1.807, 2.05) is 13.8 Å². The van der Waals surface area contributed by atoms with E-state index in [2.05, 4.69) is 11.9 Å². The first-order valence-electron chi connectivity index (χ1n) is 4.82. The lowest BCUT2D eigenvalue weighted by molar-refractivity contribution is 0.0986. The van der Waals surface area contributed by atoms with Crippen LogP contribution in [0.4, 0.5) is 0 Å². The molecule has 0 atom stereocenters. The van der Waals surface area contributed by atoms with Crippen LogP contribution in [0.5, 0.6) is 5.88 Å². The topological polar surface area (TPSA) is 42.4 Å². The number of aliphatic hydroxyl groups excluding tert-OH is 1. The maximum absolute atomic E-state index is 8.93. The van der Waals surface area contributed by atoms with Crippen LogP contribution in [-0.4, -0.2) is 15.7 Å². The molecule has 0 aliphatic carbocycles. The van der Waals surface area contributed by atoms with Crippen molar-refractivity contribution in [2.45, 2.75) is 39.4 Å². The molecule has 0 bridgehead atoms. The van der Waals surface area contributed by atoms with Gasteiger partial charge < -0.3 is 9.84 Å². The van der Waals surface area contributed by atoms with Crippen molar-refractivity contribution in [3.05, 3.63) is 23.9 Å². The summed E-state index contributed by atoms with van der Waals surface area (Å²) in [5, 5.41) is 8.93. The van der Waals surface area contributed by atoms with Gasteiger partial charge in [0, 0.05) is 12.3 Å². The van der Waals surface area contributed by atoms with Crippen molar-refractivity contribution in [3.8, 4) is 5.88 Å². The molecule has 14 heavy (non-hydrogen) atoms. The Morgan fingerprint density at radius 1 is 1.50 bits per heavy atom. The molecule has 1 N–H and O–H groups in total. The van der Waals surface area contributed by atoms with E-state index in [-0.39, 0.29) is 12.2 Å². The van der Waals surface area contributed by atoms with Gasteiger partial charge in [-0.3, -0.25) is 0 Å². The predicted octanol–water partition coefficient (Wildman–Crippen LogP) is 2.14. The Hall–Kier alpha value is -1.09. The standard InChI is InChI=1S/C11H17NO2/c1-4-11(2,3)14-10-7-9(8-13)5-6-12-10/h5-7,13H,4,8H2,1-3H3. The molecule has 1 aromatic rings. The number of rotatable bonds is 4. The Kier molecular flexibility index (Phi) is 3.47. The van der Waals surface area contributed by atoms with Crippen LogP contribution in [0.3, 0.4) is 0 Å². The first-order valence-corrected chi connectivity index (χ1v) is 4.82. The molecule has 0 amide bonds. The first kappa shape index (κ1) is 11.0. The molecule has 0 aliphatic rings. The highest BCUT2D eigenvalue weighted by molar-refractivity contribution is 5.20. The zero-order valence-electron chi connectivity index (χ0n) is 8.95. The van der Waals surface area contributed by atoms with Gasteiger partial charge in [-0.05, 0) is 31.9 Å². The molecule has 1 heterocycles. The fourth-order valence-corrected chi connectivity index (χ4v) is 0.960. The number of hydrogen-bond acceptors (Lipinski definition) is 3. The van der Waals surface area contributed by atoms with Crippen LogP contribution >= 0.6 is 0 Å². The molecule has 0 fully saturated rings. The summed E-state index contributed by atoms with van der Waals surface area (Å²) in [4.78, 5) is 4.09. The Morgan fingerprint density at radius 2 is 2.21 bits per heavy atom. The summed E-state index contributed by atoms with van der Waals surface area (Å²) in [6.07, 6.45) is 2.56. The van der Waals surface area contributed by atoms with Gasteiger partial charge in [-0.2, -0.15) is 0 Å². The summed E-state index contributed by atoms with van der Waals surface area (Å²) in [6.45, 7) is 6.11. The van der Waals surface area contributed by atoms with Crippen molar-refractivity contribution in [1.82, 2.24) is 4.98 Å². The summed E-state index contributed by atoms with van der Waals surface area (Å²) >= 11 is 0. The molecule has 0 radical (unpaired) electrons. The second-order valence-electron chi connectivity index (χ2n) is 3.88. The molecular weight excluding hydrogens is 178 g/mol. The Morgan fingerprint density at radius 3 is 2.79 bits per heavy atom. The normalized spacial score (nSPS) is 11.4. The SMILES string of the molecule is CCC(C)(C)Oc1cc(CO)ccn1. The molecule has 0 spiro atoms. The van der Waals surface area contributed by atoms with Gasteiger partial charge >= 0.3 is 0 Å². The Balaban J connectivity index is 2.76. The second kappa shape index (κ2) is 4.42. The minimum absolute atomic E-state index is 0.0193. The molecule has 0 saturated carbocycles. The maximum atomic E-state index is 8.93. The third-order valence-corrected chi connectivity index (χ3v) is 2.21. The zero-order chi connectivity index (χ0) is 10.6. The minimum Gasteiger partial charge on any atom is -0.472 e. The van der Waals surface area contributed by atoms with Crippen molar-refractivity contribution in [1.29, 1.82) is 0 Å². The molecule has 3 heteroatoms. The number of ether oxygens (including phenoxy) is 1. The van der Waals surface area contributed by atoms with E-state index in [0.29, 0.717) is 5.88 Å². The Labute approximate surface area is 84.7 Å². The molecule has 0 aliphatic heterocycles. The summed E-state index contributed by atoms with van der Waals surface area (Å²) in [5.74, 6) is 0.573. The Bertz CT molecular complexity index is 297. The molecule has 0 saturated heterocycles. The number of aromatic nitrogens is 1. The van der Waals surface area contributed by atoms with Gasteiger partial charge in [-0.25, -0.2) is 4.98 Å². The quantitative estimate of drug-likeness (QED) is 0.800. The third kappa shape index (κ3) is 3.00. The van der Waals surface area contributed by atoms with E-state index in [1.54, 1.807) is 18.3 Å². The second-order valence-corrected chi connectivity index (χ2v) is 3.88. The fourth-order valence-electron chi connectivity index (χ4n) is 0.960. The molecule has 0 aromatic carbocycles. The van der Waals surface area contributed by atoms with Crippen LogP contribution in [0.25, 0.3) is 0 Å². The molecule has 3 nitrogen and oxygen atoms in total. The molecule has 78 valence electrons. The minimum atomic E-state index is -0.207. The highest BCUT2D eigenvalue weighted by Gasteiger charge is 2.17. The van der Waals surface area contributed by atoms with Crippen LogP contribution in [0.2, 0.25) is 0 Å². The third-order valence-electron chi connectivity index (χ3n) is 2.21. The van der Waals surface area contributed by atoms with Gasteiger partial charge in [0.05, 0.1) is 6.61 Å². The summed E-state index contributed by atoms with van der Waals surface area (Å²) in [7, 11) is 0. The largest absolute Gasteiger partial charge is 0.472 e. The van der Waals surface area contributed by atoms with Gasteiger partial charge in [0.2, 0.25) is 5.88 Å². The number of pyridine rings is 1. The van der Waals surface area contributed by atoms with Crippen molar-refractivity contribution in [2.75, 3.05) is 0 Å². The fraction of sp³-hybridized carbons (Fsp3) is 0.545. The van der Waals surface area contributed by atoms with Gasteiger partial charge in [0.25, 0.3) is 0 Å². The first-order chi connectivity index (χ1) is 6.57. The van der Waals surface area contributed by atoms with E-state index in [1.165, 1.54) is 0 Å². The highest BCUT2D eigenvalue weighted by Crippen LogP contribution is 2.19. The van der Waals surface area contributed by atoms with E-state index in [0.717, 1.165) is 12.0 Å². The van der Waals surface area contributed by atoms with E-state index in [4.69, 9.17) is 9.84 Å². The summed E-state index contributed by atoms with van der Waals surface area (Å²) in [6, 6.07) is 3.53. The van der Waals surface area contributed by atoms with Crippen molar-refractivity contribution >= 4 is 0 Å². The van der Waals surface area contributed by atoms with Crippen LogP contribution in [0, 0.1) is 0 Å². The van der Waals surface area contributed by atoms with E-state index >= 15 is 0 Å². The number of nitrogens with zero attached hydrogens (tertiary/aromatic N) is 1. The van der Waals surface area contributed by atoms with Gasteiger partial charge in [-0.15, -0.1) is 0 Å². The lowest BCUT2D eigenvalue weighted by atomic mass is 10.1. The average Bonchev–Trinajstić information content (AvgIpc) is 2.17. The van der Waals surface area contributed by atoms with E-state index in [9.17, 15) is 0 Å². The van der Waals surface area contributed by atoms with Gasteiger partial charge in [0.15, 0.2) is 0 Å². The van der Waals surface area contributed by atoms with Gasteiger partial charge in [0.1, 0.15) is 5.60 Å². The number of aliphatic hydroxyl groups is 1. The summed E-state index contributed by atoms with van der Waals surface area (Å²) < 4.78 is 5.67. The number of hydrogen-bond donors (Lipinski definition) is 1. The van der Waals surface area contributed by atoms with Crippen LogP contribution in [0.1, 0.15) is 32.8 Å². The molecule has 1 aromatic heterocycles. The van der Waals surface area contributed by atoms with Crippen molar-refractivity contribution < 1.29 is 9.84 Å². The van der Waals surface area contributed by atoms with Crippen molar-refractivity contribution in [3.63, 3.8) is 0 Å². The monoisotopic (exact) mass is 195 g/mol. The van der Waals surface area contributed by atoms with Gasteiger partial charge in [-0.1, -0.05) is 6.92 Å². The van der Waals surface area contributed by atoms with Crippen LogP contribution < -0.4 is 4.74 Å². The zero-order valence-corrected chi connectivity index (χ0v) is 8.95. The molecule has 1 rings (SSSR count). The predicted molar refractivity (Wildman–Crippen MR) is 55.2 cm³/mol. The van der Waals surface area contributed by atoms with E-state index < -0.39 is 0 Å². The smallest absolute Gasteiger partial charge is 0.214 e. The molecule has 0 unspecified atom stereocenters. The van der Waals surface area contributed by atoms with Crippen molar-refractivity contribution in [2.24, 2.45) is 0 Å². The highest BCUT2D eigenvalue weighted by atomic mass is 16.5. The van der Waals surface area contributed by atoms with Crippen LogP contribution in [-0.2, 0) is 6.61 Å². The molecular formula is C11H17NO2. The summed E-state index contributed by atoms with van der Waals surface area (Å²) in [5.41, 5.74) is 0.614. The average molecular weight is 195 g/mol.